The zero-order chi connectivity index (χ0) is 22.3. The fourth-order valence-corrected chi connectivity index (χ4v) is 4.88. The first-order valence-electron chi connectivity index (χ1n) is 9.42. The molecule has 0 aromatic carbocycles. The minimum absolute atomic E-state index is 0.0813. The molecule has 0 unspecified atom stereocenters. The number of imidazole rings is 1. The lowest BCUT2D eigenvalue weighted by atomic mass is 10.1. The topological polar surface area (TPSA) is 141 Å². The summed E-state index contributed by atoms with van der Waals surface area (Å²) in [5, 5.41) is 12.5. The van der Waals surface area contributed by atoms with Crippen LogP contribution in [0.5, 0.6) is 0 Å². The maximum atomic E-state index is 12.4. The van der Waals surface area contributed by atoms with Gasteiger partial charge in [-0.15, -0.1) is 11.3 Å². The van der Waals surface area contributed by atoms with E-state index in [1.165, 1.54) is 40.9 Å². The molecule has 0 spiro atoms. The molecule has 1 aliphatic rings. The van der Waals surface area contributed by atoms with Gasteiger partial charge < -0.3 is 14.6 Å². The Kier molecular flexibility index (Phi) is 5.20. The molecular weight excluding hydrogens is 424 g/mol. The van der Waals surface area contributed by atoms with Crippen molar-refractivity contribution in [3.05, 3.63) is 43.2 Å². The molecule has 0 saturated heterocycles. The van der Waals surface area contributed by atoms with Crippen LogP contribution in [-0.4, -0.2) is 37.2 Å². The van der Waals surface area contributed by atoms with Crippen LogP contribution in [0.4, 0.5) is 5.00 Å². The van der Waals surface area contributed by atoms with Crippen molar-refractivity contribution in [1.82, 2.24) is 18.7 Å². The Morgan fingerprint density at radius 3 is 2.81 bits per heavy atom. The van der Waals surface area contributed by atoms with Crippen molar-refractivity contribution in [3.8, 4) is 6.07 Å². The number of aryl methyl sites for hydroxylation is 2. The van der Waals surface area contributed by atoms with E-state index >= 15 is 0 Å². The molecule has 0 bridgehead atoms. The van der Waals surface area contributed by atoms with E-state index < -0.39 is 29.7 Å². The molecule has 0 fully saturated rings. The lowest BCUT2D eigenvalue weighted by Crippen LogP contribution is -2.37. The van der Waals surface area contributed by atoms with Gasteiger partial charge in [0, 0.05) is 19.0 Å². The number of fused-ring (bicyclic) bond motifs is 2. The first-order chi connectivity index (χ1) is 14.8. The van der Waals surface area contributed by atoms with Gasteiger partial charge in [0.25, 0.3) is 11.5 Å². The van der Waals surface area contributed by atoms with Crippen molar-refractivity contribution in [2.24, 2.45) is 14.1 Å². The van der Waals surface area contributed by atoms with Crippen LogP contribution in [0.2, 0.25) is 0 Å². The van der Waals surface area contributed by atoms with E-state index in [2.05, 4.69) is 16.4 Å². The lowest BCUT2D eigenvalue weighted by Gasteiger charge is -2.08. The first kappa shape index (κ1) is 20.5. The van der Waals surface area contributed by atoms with Crippen LogP contribution in [0.25, 0.3) is 11.2 Å². The number of hydrogen-bond acceptors (Lipinski definition) is 8. The summed E-state index contributed by atoms with van der Waals surface area (Å²) in [5.74, 6) is -1.31. The second-order valence-corrected chi connectivity index (χ2v) is 8.24. The molecule has 0 saturated carbocycles. The monoisotopic (exact) mass is 442 g/mol. The van der Waals surface area contributed by atoms with E-state index in [9.17, 15) is 24.4 Å². The maximum Gasteiger partial charge on any atom is 0.332 e. The third-order valence-corrected chi connectivity index (χ3v) is 6.37. The number of hydrogen-bond donors (Lipinski definition) is 1. The SMILES string of the molecule is Cn1c(=O)c2c(ncn2CC(=O)OCC(=O)Nc2sc3c(c2C#N)CCC3)n(C)c1=O. The number of ether oxygens (including phenoxy) is 1. The maximum absolute atomic E-state index is 12.4. The number of carbonyl (C=O) groups excluding carboxylic acids is 2. The zero-order valence-electron chi connectivity index (χ0n) is 16.8. The molecule has 1 N–H and O–H groups in total. The number of thiophene rings is 1. The highest BCUT2D eigenvalue weighted by atomic mass is 32.1. The summed E-state index contributed by atoms with van der Waals surface area (Å²) in [5.41, 5.74) is 0.576. The summed E-state index contributed by atoms with van der Waals surface area (Å²) in [6, 6.07) is 2.13. The Morgan fingerprint density at radius 2 is 2.06 bits per heavy atom. The van der Waals surface area contributed by atoms with Crippen LogP contribution in [-0.2, 0) is 47.8 Å². The largest absolute Gasteiger partial charge is 0.454 e. The molecule has 0 aliphatic heterocycles. The Balaban J connectivity index is 1.43. The quantitative estimate of drug-likeness (QED) is 0.550. The molecule has 3 aromatic heterocycles. The molecule has 11 nitrogen and oxygen atoms in total. The van der Waals surface area contributed by atoms with Gasteiger partial charge in [-0.05, 0) is 24.8 Å². The normalized spacial score (nSPS) is 12.5. The third-order valence-electron chi connectivity index (χ3n) is 5.17. The third kappa shape index (κ3) is 3.53. The minimum Gasteiger partial charge on any atom is -0.454 e. The highest BCUT2D eigenvalue weighted by molar-refractivity contribution is 7.16. The summed E-state index contributed by atoms with van der Waals surface area (Å²) in [6.07, 6.45) is 3.98. The van der Waals surface area contributed by atoms with Crippen LogP contribution in [0.1, 0.15) is 22.4 Å². The van der Waals surface area contributed by atoms with E-state index in [1.54, 1.807) is 0 Å². The molecule has 1 aliphatic carbocycles. The molecule has 3 aromatic rings. The van der Waals surface area contributed by atoms with Gasteiger partial charge in [0.15, 0.2) is 17.8 Å². The average molecular weight is 442 g/mol. The van der Waals surface area contributed by atoms with Gasteiger partial charge in [-0.25, -0.2) is 9.78 Å². The number of amides is 1. The van der Waals surface area contributed by atoms with Crippen molar-refractivity contribution in [2.45, 2.75) is 25.8 Å². The molecule has 0 radical (unpaired) electrons. The fraction of sp³-hybridized carbons (Fsp3) is 0.368. The van der Waals surface area contributed by atoms with Crippen molar-refractivity contribution in [3.63, 3.8) is 0 Å². The van der Waals surface area contributed by atoms with Gasteiger partial charge in [-0.1, -0.05) is 0 Å². The van der Waals surface area contributed by atoms with Gasteiger partial charge in [-0.3, -0.25) is 23.5 Å². The van der Waals surface area contributed by atoms with E-state index in [0.717, 1.165) is 34.3 Å². The molecule has 12 heteroatoms. The van der Waals surface area contributed by atoms with Crippen molar-refractivity contribution < 1.29 is 14.3 Å². The standard InChI is InChI=1S/C19H18N6O5S/c1-23-16-15(18(28)24(2)19(23)29)25(9-21-16)7-14(27)30-8-13(26)22-17-11(6-20)10-4-3-5-12(10)31-17/h9H,3-5,7-8H2,1-2H3,(H,22,26). The summed E-state index contributed by atoms with van der Waals surface area (Å²) < 4.78 is 8.42. The molecule has 160 valence electrons. The summed E-state index contributed by atoms with van der Waals surface area (Å²) in [7, 11) is 2.81. The number of carbonyl (C=O) groups is 2. The highest BCUT2D eigenvalue weighted by Crippen LogP contribution is 2.38. The van der Waals surface area contributed by atoms with Crippen molar-refractivity contribution >= 4 is 39.4 Å². The van der Waals surface area contributed by atoms with Crippen molar-refractivity contribution in [2.75, 3.05) is 11.9 Å². The van der Waals surface area contributed by atoms with Crippen LogP contribution >= 0.6 is 11.3 Å². The number of anilines is 1. The Morgan fingerprint density at radius 1 is 1.29 bits per heavy atom. The van der Waals surface area contributed by atoms with E-state index in [0.29, 0.717) is 10.6 Å². The van der Waals surface area contributed by atoms with Gasteiger partial charge in [0.1, 0.15) is 17.6 Å². The second-order valence-electron chi connectivity index (χ2n) is 7.13. The van der Waals surface area contributed by atoms with Gasteiger partial charge in [0.05, 0.1) is 11.9 Å². The smallest absolute Gasteiger partial charge is 0.332 e. The summed E-state index contributed by atoms with van der Waals surface area (Å²) in [6.45, 7) is -0.886. The van der Waals surface area contributed by atoms with Gasteiger partial charge in [0.2, 0.25) is 0 Å². The van der Waals surface area contributed by atoms with Crippen LogP contribution in [0, 0.1) is 11.3 Å². The molecule has 1 amide bonds. The zero-order valence-corrected chi connectivity index (χ0v) is 17.6. The number of rotatable bonds is 5. The predicted molar refractivity (Wildman–Crippen MR) is 111 cm³/mol. The molecular formula is C19H18N6O5S. The molecule has 4 rings (SSSR count). The predicted octanol–water partition coefficient (Wildman–Crippen LogP) is 0.0375. The number of nitrogens with one attached hydrogen (secondary N) is 1. The van der Waals surface area contributed by atoms with E-state index in [4.69, 9.17) is 4.74 Å². The van der Waals surface area contributed by atoms with Gasteiger partial charge in [-0.2, -0.15) is 5.26 Å². The molecule has 3 heterocycles. The van der Waals surface area contributed by atoms with E-state index in [-0.39, 0.29) is 17.7 Å². The van der Waals surface area contributed by atoms with Crippen LogP contribution in [0.15, 0.2) is 15.9 Å². The number of nitriles is 1. The lowest BCUT2D eigenvalue weighted by molar-refractivity contribution is -0.147. The highest BCUT2D eigenvalue weighted by Gasteiger charge is 2.23. The van der Waals surface area contributed by atoms with Crippen LogP contribution in [0.3, 0.4) is 0 Å². The Labute approximate surface area is 179 Å². The molecule has 31 heavy (non-hydrogen) atoms. The van der Waals surface area contributed by atoms with Crippen LogP contribution < -0.4 is 16.6 Å². The fourth-order valence-electron chi connectivity index (χ4n) is 3.62. The summed E-state index contributed by atoms with van der Waals surface area (Å²) >= 11 is 1.37. The number of esters is 1. The van der Waals surface area contributed by atoms with Crippen molar-refractivity contribution in [1.29, 1.82) is 5.26 Å². The Bertz CT molecular complexity index is 1390. The second kappa shape index (κ2) is 7.84. The minimum atomic E-state index is -0.750. The Hall–Kier alpha value is -3.72. The average Bonchev–Trinajstić information content (AvgIpc) is 3.44. The molecule has 0 atom stereocenters. The summed E-state index contributed by atoms with van der Waals surface area (Å²) in [4.78, 5) is 53.9. The first-order valence-corrected chi connectivity index (χ1v) is 10.2. The van der Waals surface area contributed by atoms with Gasteiger partial charge >= 0.3 is 11.7 Å². The number of aromatic nitrogens is 4. The number of nitrogens with zero attached hydrogens (tertiary/aromatic N) is 5. The van der Waals surface area contributed by atoms with E-state index in [1.807, 2.05) is 0 Å².